The Morgan fingerprint density at radius 2 is 1.23 bits per heavy atom. The predicted molar refractivity (Wildman–Crippen MR) is 255 cm³/mol. The number of aliphatic hydroxyl groups is 1. The van der Waals surface area contributed by atoms with E-state index in [1.165, 1.54) is 11.1 Å². The lowest BCUT2D eigenvalue weighted by atomic mass is 9.98. The van der Waals surface area contributed by atoms with E-state index in [0.29, 0.717) is 13.0 Å². The fourth-order valence-corrected chi connectivity index (χ4v) is 9.40. The summed E-state index contributed by atoms with van der Waals surface area (Å²) in [5.41, 5.74) is 9.84. The Morgan fingerprint density at radius 3 is 1.85 bits per heavy atom. The van der Waals surface area contributed by atoms with Crippen molar-refractivity contribution in [2.75, 3.05) is 6.54 Å². The van der Waals surface area contributed by atoms with Crippen molar-refractivity contribution in [3.05, 3.63) is 233 Å². The van der Waals surface area contributed by atoms with Gasteiger partial charge in [-0.05, 0) is 76.1 Å². The van der Waals surface area contributed by atoms with E-state index in [2.05, 4.69) is 75.6 Å². The lowest BCUT2D eigenvalue weighted by Gasteiger charge is -2.38. The molecule has 7 aromatic carbocycles. The van der Waals surface area contributed by atoms with Crippen molar-refractivity contribution in [2.24, 2.45) is 0 Å². The van der Waals surface area contributed by atoms with Crippen molar-refractivity contribution >= 4 is 15.9 Å². The van der Waals surface area contributed by atoms with Gasteiger partial charge in [0, 0.05) is 38.2 Å². The second-order valence-corrected chi connectivity index (χ2v) is 18.4. The number of amides is 1. The third-order valence-corrected chi connectivity index (χ3v) is 13.2. The molecule has 3 N–H and O–H groups in total. The van der Waals surface area contributed by atoms with Gasteiger partial charge in [-0.25, -0.2) is 8.42 Å². The van der Waals surface area contributed by atoms with Crippen LogP contribution in [0.3, 0.4) is 0 Å². The first kappa shape index (κ1) is 45.3. The number of aliphatic hydroxyl groups excluding tert-OH is 1. The number of aryl methyl sites for hydroxylation is 1. The second-order valence-electron chi connectivity index (χ2n) is 16.7. The summed E-state index contributed by atoms with van der Waals surface area (Å²) in [5, 5.41) is 12.7. The summed E-state index contributed by atoms with van der Waals surface area (Å²) < 4.78 is 43.0. The van der Waals surface area contributed by atoms with Crippen molar-refractivity contribution < 1.29 is 27.8 Å². The van der Waals surface area contributed by atoms with Crippen molar-refractivity contribution in [3.63, 3.8) is 0 Å². The Bertz CT molecular complexity index is 2660. The van der Waals surface area contributed by atoms with Crippen LogP contribution >= 0.6 is 0 Å². The number of sulfonamides is 1. The third-order valence-electron chi connectivity index (χ3n) is 11.7. The van der Waals surface area contributed by atoms with E-state index >= 15 is 0 Å². The minimum Gasteiger partial charge on any atom is -0.392 e. The maximum atomic E-state index is 13.7. The van der Waals surface area contributed by atoms with Gasteiger partial charge in [0.15, 0.2) is 6.29 Å². The van der Waals surface area contributed by atoms with E-state index in [-0.39, 0.29) is 36.7 Å². The minimum absolute atomic E-state index is 0.0217. The average molecular weight is 886 g/mol. The SMILES string of the molecule is Cc1ccc(S(=O)(=O)N[C@H](Cc2ccccc2)C(=O)NCc2cccc(-c3ccc([C@@H]4O[C@H](CN(Cc5ccccc5)Cc5ccccc5)C[C@H](c5ccc(CO)cc5)O4)cc3)c2)cc1. The molecule has 1 amide bonds. The molecule has 4 atom stereocenters. The van der Waals surface area contributed by atoms with Gasteiger partial charge in [-0.2, -0.15) is 4.72 Å². The Balaban J connectivity index is 0.973. The van der Waals surface area contributed by atoms with Crippen LogP contribution in [0.2, 0.25) is 0 Å². The maximum Gasteiger partial charge on any atom is 0.241 e. The Hall–Kier alpha value is -6.24. The molecule has 8 rings (SSSR count). The van der Waals surface area contributed by atoms with Crippen molar-refractivity contribution in [1.29, 1.82) is 0 Å². The monoisotopic (exact) mass is 885 g/mol. The van der Waals surface area contributed by atoms with Gasteiger partial charge in [0.2, 0.25) is 15.9 Å². The van der Waals surface area contributed by atoms with Gasteiger partial charge in [0.05, 0.1) is 23.7 Å². The smallest absolute Gasteiger partial charge is 0.241 e. The van der Waals surface area contributed by atoms with E-state index in [0.717, 1.165) is 57.6 Å². The van der Waals surface area contributed by atoms with Crippen LogP contribution in [0.5, 0.6) is 0 Å². The molecule has 0 unspecified atom stereocenters. The highest BCUT2D eigenvalue weighted by atomic mass is 32.2. The molecule has 0 saturated carbocycles. The summed E-state index contributed by atoms with van der Waals surface area (Å²) >= 11 is 0. The molecule has 1 heterocycles. The number of carbonyl (C=O) groups is 1. The van der Waals surface area contributed by atoms with Crippen LogP contribution in [-0.4, -0.2) is 43.0 Å². The van der Waals surface area contributed by atoms with Crippen LogP contribution in [0.1, 0.15) is 63.3 Å². The van der Waals surface area contributed by atoms with E-state index in [4.69, 9.17) is 9.47 Å². The van der Waals surface area contributed by atoms with Crippen LogP contribution in [0.25, 0.3) is 11.1 Å². The fraction of sp³-hybridized carbons (Fsp3) is 0.218. The summed E-state index contributed by atoms with van der Waals surface area (Å²) in [6.07, 6.45) is -0.119. The largest absolute Gasteiger partial charge is 0.392 e. The van der Waals surface area contributed by atoms with E-state index in [9.17, 15) is 18.3 Å². The number of benzene rings is 7. The van der Waals surface area contributed by atoms with E-state index in [1.807, 2.05) is 110 Å². The fourth-order valence-electron chi connectivity index (χ4n) is 8.21. The number of hydrogen-bond acceptors (Lipinski definition) is 7. The summed E-state index contributed by atoms with van der Waals surface area (Å²) in [4.78, 5) is 16.3. The summed E-state index contributed by atoms with van der Waals surface area (Å²) in [5.74, 6) is -0.420. The number of ether oxygens (including phenoxy) is 2. The molecule has 10 heteroatoms. The first-order valence-corrected chi connectivity index (χ1v) is 23.6. The molecule has 0 aliphatic carbocycles. The Kier molecular flexibility index (Phi) is 15.1. The molecule has 1 fully saturated rings. The molecule has 1 aliphatic rings. The summed E-state index contributed by atoms with van der Waals surface area (Å²) in [7, 11) is -3.97. The molecular weight excluding hydrogens is 831 g/mol. The first-order chi connectivity index (χ1) is 31.7. The van der Waals surface area contributed by atoms with Gasteiger partial charge in [0.25, 0.3) is 0 Å². The lowest BCUT2D eigenvalue weighted by Crippen LogP contribution is -2.47. The Labute approximate surface area is 382 Å². The number of rotatable bonds is 18. The van der Waals surface area contributed by atoms with Crippen LogP contribution in [0.4, 0.5) is 0 Å². The van der Waals surface area contributed by atoms with Crippen molar-refractivity contribution in [1.82, 2.24) is 14.9 Å². The number of nitrogens with zero attached hydrogens (tertiary/aromatic N) is 1. The molecule has 65 heavy (non-hydrogen) atoms. The van der Waals surface area contributed by atoms with Gasteiger partial charge < -0.3 is 19.9 Å². The molecule has 1 aliphatic heterocycles. The molecule has 1 saturated heterocycles. The normalized spacial score (nSPS) is 16.8. The van der Waals surface area contributed by atoms with Gasteiger partial charge >= 0.3 is 0 Å². The van der Waals surface area contributed by atoms with Crippen LogP contribution in [0.15, 0.2) is 193 Å². The molecular formula is C55H55N3O6S. The zero-order valence-corrected chi connectivity index (χ0v) is 37.3. The topological polar surface area (TPSA) is 117 Å². The number of nitrogens with one attached hydrogen (secondary N) is 2. The Morgan fingerprint density at radius 1 is 0.646 bits per heavy atom. The van der Waals surface area contributed by atoms with Crippen molar-refractivity contribution in [3.8, 4) is 11.1 Å². The van der Waals surface area contributed by atoms with E-state index in [1.54, 1.807) is 24.3 Å². The van der Waals surface area contributed by atoms with Crippen molar-refractivity contribution in [2.45, 2.75) is 75.4 Å². The van der Waals surface area contributed by atoms with Gasteiger partial charge in [-0.1, -0.05) is 175 Å². The zero-order chi connectivity index (χ0) is 45.0. The standard InChI is InChI=1S/C55H55N3O6S/c1-40-20-30-51(31-21-40)65(61,62)57-52(33-41-12-5-2-6-13-41)54(60)56-35-45-18-11-19-49(32-45)46-26-28-48(29-27-46)55-63-50(34-53(64-55)47-24-22-44(39-59)23-25-47)38-58(36-42-14-7-3-8-15-42)37-43-16-9-4-10-17-43/h2-32,50,52-53,55,57,59H,33-39H2,1H3,(H,56,60)/t50-,52+,53+,55+/m0/s1. The lowest BCUT2D eigenvalue weighted by molar-refractivity contribution is -0.253. The van der Waals surface area contributed by atoms with Gasteiger partial charge in [-0.15, -0.1) is 0 Å². The molecule has 0 bridgehead atoms. The van der Waals surface area contributed by atoms with Crippen LogP contribution < -0.4 is 10.0 Å². The summed E-state index contributed by atoms with van der Waals surface area (Å²) in [6, 6.07) is 60.1. The third kappa shape index (κ3) is 12.5. The number of hydrogen-bond donors (Lipinski definition) is 3. The molecule has 0 radical (unpaired) electrons. The molecule has 332 valence electrons. The minimum atomic E-state index is -3.97. The summed E-state index contributed by atoms with van der Waals surface area (Å²) in [6.45, 7) is 4.32. The molecule has 7 aromatic rings. The van der Waals surface area contributed by atoms with Gasteiger partial charge in [0.1, 0.15) is 6.04 Å². The maximum absolute atomic E-state index is 13.7. The van der Waals surface area contributed by atoms with Crippen LogP contribution in [0, 0.1) is 6.92 Å². The highest BCUT2D eigenvalue weighted by Crippen LogP contribution is 2.39. The molecule has 0 spiro atoms. The first-order valence-electron chi connectivity index (χ1n) is 22.1. The van der Waals surface area contributed by atoms with Gasteiger partial charge in [-0.3, -0.25) is 9.69 Å². The number of carbonyl (C=O) groups excluding carboxylic acids is 1. The quantitative estimate of drug-likeness (QED) is 0.0786. The average Bonchev–Trinajstić information content (AvgIpc) is 3.34. The van der Waals surface area contributed by atoms with E-state index < -0.39 is 28.3 Å². The zero-order valence-electron chi connectivity index (χ0n) is 36.5. The second kappa shape index (κ2) is 21.6. The van der Waals surface area contributed by atoms with Crippen LogP contribution in [-0.2, 0) is 57.0 Å². The molecule has 9 nitrogen and oxygen atoms in total. The highest BCUT2D eigenvalue weighted by molar-refractivity contribution is 7.89. The highest BCUT2D eigenvalue weighted by Gasteiger charge is 2.33. The predicted octanol–water partition coefficient (Wildman–Crippen LogP) is 9.61. The molecule has 0 aromatic heterocycles.